The van der Waals surface area contributed by atoms with Gasteiger partial charge in [-0.25, -0.2) is 0 Å². The molecule has 150 valence electrons. The van der Waals surface area contributed by atoms with Gasteiger partial charge in [-0.2, -0.15) is 8.42 Å². The van der Waals surface area contributed by atoms with Crippen molar-refractivity contribution in [3.05, 3.63) is 23.8 Å². The fraction of sp³-hybridized carbons (Fsp3) is 0.556. The number of carbonyl (C=O) groups excluding carboxylic acids is 1. The van der Waals surface area contributed by atoms with Crippen LogP contribution in [0.4, 0.5) is 5.69 Å². The van der Waals surface area contributed by atoms with E-state index in [-0.39, 0.29) is 48.6 Å². The maximum atomic E-state index is 12.3. The van der Waals surface area contributed by atoms with Crippen molar-refractivity contribution in [2.75, 3.05) is 24.4 Å². The largest absolute Gasteiger partial charge is 1.00 e. The van der Waals surface area contributed by atoms with Gasteiger partial charge in [0, 0.05) is 25.4 Å². The van der Waals surface area contributed by atoms with Crippen LogP contribution in [0.15, 0.2) is 22.6 Å². The van der Waals surface area contributed by atoms with Gasteiger partial charge >= 0.3 is 39.8 Å². The van der Waals surface area contributed by atoms with E-state index in [1.165, 1.54) is 0 Å². The van der Waals surface area contributed by atoms with Crippen molar-refractivity contribution in [3.8, 4) is 5.75 Å². The number of likely N-dealkylation sites (tertiary alicyclic amines) is 1. The predicted molar refractivity (Wildman–Crippen MR) is 105 cm³/mol. The quantitative estimate of drug-likeness (QED) is 0.586. The zero-order valence-electron chi connectivity index (χ0n) is 17.6. The predicted octanol–water partition coefficient (Wildman–Crippen LogP) is -1.16. The van der Waals surface area contributed by atoms with Crippen LogP contribution < -0.4 is 44.7 Å². The number of fused-ring (bicyclic) bond motifs is 1. The molecule has 1 aromatic rings. The van der Waals surface area contributed by atoms with Crippen LogP contribution in [0.5, 0.6) is 5.75 Å². The number of hydrogen-bond acceptors (Lipinski definition) is 5. The molecule has 8 nitrogen and oxygen atoms in total. The average Bonchev–Trinajstić information content (AvgIpc) is 2.58. The zero-order valence-corrected chi connectivity index (χ0v) is 19.5. The third-order valence-corrected chi connectivity index (χ3v) is 5.58. The molecule has 0 saturated carbocycles. The van der Waals surface area contributed by atoms with Gasteiger partial charge < -0.3 is 16.8 Å². The van der Waals surface area contributed by atoms with Crippen LogP contribution in [0.3, 0.4) is 0 Å². The Morgan fingerprint density at radius 2 is 2.21 bits per heavy atom. The van der Waals surface area contributed by atoms with Gasteiger partial charge in [-0.1, -0.05) is 19.9 Å². The Morgan fingerprint density at radius 1 is 1.46 bits per heavy atom. The molecule has 1 fully saturated rings. The maximum absolute atomic E-state index is 12.3. The van der Waals surface area contributed by atoms with Gasteiger partial charge in [0.1, 0.15) is 5.75 Å². The van der Waals surface area contributed by atoms with Crippen LogP contribution in [0, 0.1) is 11.8 Å². The van der Waals surface area contributed by atoms with Gasteiger partial charge in [0.15, 0.2) is 5.84 Å². The standard InChI is InChI=1S/C18H26N4O4S.Na.H/c1-12(2)9-16(23)22-8-4-5-13(10-22)11-26-15-7-3-6-14-17(15)18(19)21-27(24,25)20-14;;/h3,6-7,12-13,20H,4-5,8-11H2,1-2H3,(H2,19,21);;/q;+1;-1/t13-;;/m0../s1. The topological polar surface area (TPSA) is 114 Å². The molecule has 0 radical (unpaired) electrons. The molecular weight excluding hydrogens is 391 g/mol. The van der Waals surface area contributed by atoms with E-state index in [1.54, 1.807) is 18.2 Å². The fourth-order valence-corrected chi connectivity index (χ4v) is 4.30. The molecule has 0 aliphatic carbocycles. The van der Waals surface area contributed by atoms with Crippen LogP contribution in [-0.4, -0.2) is 44.8 Å². The number of amidine groups is 1. The minimum atomic E-state index is -3.81. The molecule has 0 unspecified atom stereocenters. The third-order valence-electron chi connectivity index (χ3n) is 4.67. The Morgan fingerprint density at radius 3 is 2.93 bits per heavy atom. The summed E-state index contributed by atoms with van der Waals surface area (Å²) >= 11 is 0. The molecule has 0 bridgehead atoms. The van der Waals surface area contributed by atoms with E-state index in [0.29, 0.717) is 42.5 Å². The van der Waals surface area contributed by atoms with E-state index in [2.05, 4.69) is 9.12 Å². The summed E-state index contributed by atoms with van der Waals surface area (Å²) in [6.07, 6.45) is 2.50. The fourth-order valence-electron chi connectivity index (χ4n) is 3.45. The normalized spacial score (nSPS) is 20.5. The first-order valence-electron chi connectivity index (χ1n) is 9.17. The van der Waals surface area contributed by atoms with E-state index in [1.807, 2.05) is 18.7 Å². The third kappa shape index (κ3) is 5.62. The van der Waals surface area contributed by atoms with Crippen molar-refractivity contribution < 1.29 is 48.9 Å². The Bertz CT molecular complexity index is 863. The molecule has 2 aliphatic rings. The van der Waals surface area contributed by atoms with E-state index in [9.17, 15) is 13.2 Å². The van der Waals surface area contributed by atoms with Crippen LogP contribution in [0.1, 0.15) is 40.1 Å². The van der Waals surface area contributed by atoms with Gasteiger partial charge in [-0.3, -0.25) is 9.52 Å². The molecule has 1 aromatic carbocycles. The number of amides is 1. The number of nitrogens with zero attached hydrogens (tertiary/aromatic N) is 2. The number of nitrogens with one attached hydrogen (secondary N) is 1. The van der Waals surface area contributed by atoms with E-state index < -0.39 is 10.2 Å². The van der Waals surface area contributed by atoms with Crippen molar-refractivity contribution in [1.29, 1.82) is 0 Å². The van der Waals surface area contributed by atoms with Crippen molar-refractivity contribution in [3.63, 3.8) is 0 Å². The zero-order chi connectivity index (χ0) is 19.6. The number of piperidine rings is 1. The van der Waals surface area contributed by atoms with Crippen molar-refractivity contribution in [2.24, 2.45) is 22.0 Å². The molecule has 0 spiro atoms. The van der Waals surface area contributed by atoms with Gasteiger partial charge in [0.05, 0.1) is 17.9 Å². The number of carbonyl (C=O) groups is 1. The molecular formula is C18H27N4NaO4S. The molecule has 0 aromatic heterocycles. The molecule has 3 rings (SSSR count). The maximum Gasteiger partial charge on any atom is 1.00 e. The number of hydrogen-bond donors (Lipinski definition) is 2. The average molecular weight is 418 g/mol. The van der Waals surface area contributed by atoms with Crippen LogP contribution >= 0.6 is 0 Å². The first kappa shape index (κ1) is 23.0. The van der Waals surface area contributed by atoms with Gasteiger partial charge in [-0.05, 0) is 30.9 Å². The molecule has 10 heteroatoms. The minimum Gasteiger partial charge on any atom is -1.00 e. The Kier molecular flexibility index (Phi) is 7.78. The van der Waals surface area contributed by atoms with E-state index in [0.717, 1.165) is 19.4 Å². The molecule has 2 heterocycles. The summed E-state index contributed by atoms with van der Waals surface area (Å²) in [5.41, 5.74) is 6.65. The summed E-state index contributed by atoms with van der Waals surface area (Å²) in [4.78, 5) is 14.2. The number of ether oxygens (including phenoxy) is 1. The SMILES string of the molecule is CC(C)CC(=O)N1CCC[C@H](COc2cccc3c2C(N)=NS(=O)(=O)N3)C1.[H-].[Na+]. The Balaban J connectivity index is 0.00000210. The first-order chi connectivity index (χ1) is 12.7. The van der Waals surface area contributed by atoms with Crippen LogP contribution in [0.2, 0.25) is 0 Å². The second-order valence-corrected chi connectivity index (χ2v) is 8.83. The van der Waals surface area contributed by atoms with Crippen LogP contribution in [0.25, 0.3) is 0 Å². The molecule has 1 amide bonds. The number of benzene rings is 1. The summed E-state index contributed by atoms with van der Waals surface area (Å²) in [5.74, 6) is 1.16. The van der Waals surface area contributed by atoms with E-state index in [4.69, 9.17) is 10.5 Å². The smallest absolute Gasteiger partial charge is 1.00 e. The Hall–Kier alpha value is -1.29. The Labute approximate surface area is 189 Å². The first-order valence-corrected chi connectivity index (χ1v) is 10.6. The van der Waals surface area contributed by atoms with Gasteiger partial charge in [-0.15, -0.1) is 4.40 Å². The molecule has 3 N–H and O–H groups in total. The van der Waals surface area contributed by atoms with Crippen molar-refractivity contribution >= 4 is 27.6 Å². The number of nitrogens with two attached hydrogens (primary N) is 1. The second kappa shape index (κ2) is 9.47. The summed E-state index contributed by atoms with van der Waals surface area (Å²) in [6, 6.07) is 5.06. The molecule has 2 aliphatic heterocycles. The number of anilines is 1. The second-order valence-electron chi connectivity index (χ2n) is 7.49. The van der Waals surface area contributed by atoms with Crippen molar-refractivity contribution in [2.45, 2.75) is 33.1 Å². The summed E-state index contributed by atoms with van der Waals surface area (Å²) in [7, 11) is -3.81. The van der Waals surface area contributed by atoms with Gasteiger partial charge in [0.25, 0.3) is 0 Å². The molecule has 1 saturated heterocycles. The number of rotatable bonds is 5. The molecule has 28 heavy (non-hydrogen) atoms. The van der Waals surface area contributed by atoms with Gasteiger partial charge in [0.2, 0.25) is 5.91 Å². The minimum absolute atomic E-state index is 0. The summed E-state index contributed by atoms with van der Waals surface area (Å²) in [6.45, 7) is 5.99. The van der Waals surface area contributed by atoms with Crippen LogP contribution in [-0.2, 0) is 15.0 Å². The summed E-state index contributed by atoms with van der Waals surface area (Å²) < 4.78 is 35.1. The monoisotopic (exact) mass is 418 g/mol. The van der Waals surface area contributed by atoms with E-state index >= 15 is 0 Å². The summed E-state index contributed by atoms with van der Waals surface area (Å²) in [5, 5.41) is 0. The van der Waals surface area contributed by atoms with Crippen molar-refractivity contribution in [1.82, 2.24) is 4.90 Å². The molecule has 1 atom stereocenters.